The summed E-state index contributed by atoms with van der Waals surface area (Å²) < 4.78 is 5.81. The summed E-state index contributed by atoms with van der Waals surface area (Å²) in [6, 6.07) is 0. The molecule has 0 rings (SSSR count). The van der Waals surface area contributed by atoms with E-state index >= 15 is 0 Å². The summed E-state index contributed by atoms with van der Waals surface area (Å²) >= 11 is 0. The highest BCUT2D eigenvalue weighted by atomic mass is 16.5. The number of carbonyl (C=O) groups is 2. The van der Waals surface area contributed by atoms with Gasteiger partial charge >= 0.3 is 11.9 Å². The Morgan fingerprint density at radius 1 is 0.545 bits per heavy atom. The van der Waals surface area contributed by atoms with Crippen LogP contribution in [0.5, 0.6) is 0 Å². The zero-order chi connectivity index (χ0) is 32.2. The first-order valence-corrected chi connectivity index (χ1v) is 18.0. The molecule has 4 heteroatoms. The first kappa shape index (κ1) is 41.4. The molecule has 0 aliphatic rings. The predicted molar refractivity (Wildman–Crippen MR) is 190 cm³/mol. The maximum absolute atomic E-state index is 12.5. The molecular weight excluding hydrogens is 544 g/mol. The number of esters is 1. The van der Waals surface area contributed by atoms with Crippen molar-refractivity contribution in [1.82, 2.24) is 0 Å². The zero-order valence-corrected chi connectivity index (χ0v) is 28.4. The van der Waals surface area contributed by atoms with Crippen molar-refractivity contribution in [2.45, 2.75) is 168 Å². The monoisotopic (exact) mass is 610 g/mol. The summed E-state index contributed by atoms with van der Waals surface area (Å²) in [5, 5.41) is 8.66. The Bertz CT molecular complexity index is 830. The van der Waals surface area contributed by atoms with E-state index in [1.807, 2.05) is 18.2 Å². The van der Waals surface area contributed by atoms with Crippen LogP contribution in [0.25, 0.3) is 0 Å². The van der Waals surface area contributed by atoms with Gasteiger partial charge in [-0.2, -0.15) is 0 Å². The minimum atomic E-state index is -0.701. The van der Waals surface area contributed by atoms with Gasteiger partial charge in [0.1, 0.15) is 6.10 Å². The SMILES string of the molecule is CCCCCC/C=C/C=C\C/C=C\CCCCCCC(=O)O[C@H](/C=C/C=C\C/C=C\CCCCCCC(=O)O)CCCCC. The van der Waals surface area contributed by atoms with Gasteiger partial charge in [0.25, 0.3) is 0 Å². The number of rotatable bonds is 31. The van der Waals surface area contributed by atoms with E-state index in [0.29, 0.717) is 6.42 Å². The summed E-state index contributed by atoms with van der Waals surface area (Å²) in [5.74, 6) is -0.778. The fourth-order valence-corrected chi connectivity index (χ4v) is 4.75. The van der Waals surface area contributed by atoms with Crippen molar-refractivity contribution >= 4 is 11.9 Å². The fourth-order valence-electron chi connectivity index (χ4n) is 4.75. The zero-order valence-electron chi connectivity index (χ0n) is 28.4. The Morgan fingerprint density at radius 3 is 1.66 bits per heavy atom. The lowest BCUT2D eigenvalue weighted by Gasteiger charge is -2.14. The molecule has 250 valence electrons. The van der Waals surface area contributed by atoms with Crippen LogP contribution in [-0.2, 0) is 14.3 Å². The normalized spacial score (nSPS) is 13.1. The van der Waals surface area contributed by atoms with E-state index < -0.39 is 5.97 Å². The van der Waals surface area contributed by atoms with Crippen molar-refractivity contribution in [3.63, 3.8) is 0 Å². The first-order valence-electron chi connectivity index (χ1n) is 18.0. The first-order chi connectivity index (χ1) is 21.6. The molecule has 1 atom stereocenters. The van der Waals surface area contributed by atoms with Gasteiger partial charge in [0, 0.05) is 12.8 Å². The quantitative estimate of drug-likeness (QED) is 0.0367. The van der Waals surface area contributed by atoms with Crippen molar-refractivity contribution in [2.75, 3.05) is 0 Å². The summed E-state index contributed by atoms with van der Waals surface area (Å²) in [6.07, 6.45) is 49.6. The van der Waals surface area contributed by atoms with Crippen molar-refractivity contribution < 1.29 is 19.4 Å². The van der Waals surface area contributed by atoms with Crippen LogP contribution < -0.4 is 0 Å². The lowest BCUT2D eigenvalue weighted by atomic mass is 10.1. The van der Waals surface area contributed by atoms with Crippen molar-refractivity contribution in [3.8, 4) is 0 Å². The average Bonchev–Trinajstić information content (AvgIpc) is 3.00. The van der Waals surface area contributed by atoms with Crippen LogP contribution in [0, 0.1) is 0 Å². The van der Waals surface area contributed by atoms with E-state index in [2.05, 4.69) is 68.5 Å². The van der Waals surface area contributed by atoms with Crippen LogP contribution in [0.15, 0.2) is 72.9 Å². The van der Waals surface area contributed by atoms with Gasteiger partial charge in [-0.3, -0.25) is 9.59 Å². The second-order valence-corrected chi connectivity index (χ2v) is 11.8. The van der Waals surface area contributed by atoms with Gasteiger partial charge in [0.2, 0.25) is 0 Å². The van der Waals surface area contributed by atoms with E-state index in [9.17, 15) is 9.59 Å². The number of aliphatic carboxylic acids is 1. The number of allylic oxidation sites excluding steroid dienone is 11. The molecule has 0 spiro atoms. The molecule has 0 aromatic rings. The number of carboxylic acid groups (broad SMARTS) is 1. The maximum Gasteiger partial charge on any atom is 0.306 e. The smallest absolute Gasteiger partial charge is 0.306 e. The maximum atomic E-state index is 12.5. The van der Waals surface area contributed by atoms with Crippen LogP contribution >= 0.6 is 0 Å². The van der Waals surface area contributed by atoms with Crippen molar-refractivity contribution in [3.05, 3.63) is 72.9 Å². The fraction of sp³-hybridized carbons (Fsp3) is 0.650. The van der Waals surface area contributed by atoms with Crippen molar-refractivity contribution in [2.24, 2.45) is 0 Å². The molecule has 0 amide bonds. The van der Waals surface area contributed by atoms with Gasteiger partial charge < -0.3 is 9.84 Å². The van der Waals surface area contributed by atoms with Crippen molar-refractivity contribution in [1.29, 1.82) is 0 Å². The van der Waals surface area contributed by atoms with E-state index in [1.165, 1.54) is 38.5 Å². The van der Waals surface area contributed by atoms with Crippen LogP contribution in [-0.4, -0.2) is 23.1 Å². The third-order valence-electron chi connectivity index (χ3n) is 7.45. The third kappa shape index (κ3) is 33.9. The molecular formula is C40H66O4. The molecule has 0 aromatic heterocycles. The van der Waals surface area contributed by atoms with E-state index in [-0.39, 0.29) is 18.5 Å². The Kier molecular flexibility index (Phi) is 32.8. The van der Waals surface area contributed by atoms with Crippen LogP contribution in [0.4, 0.5) is 0 Å². The molecule has 0 heterocycles. The molecule has 4 nitrogen and oxygen atoms in total. The summed E-state index contributed by atoms with van der Waals surface area (Å²) in [7, 11) is 0. The topological polar surface area (TPSA) is 63.6 Å². The molecule has 0 saturated heterocycles. The summed E-state index contributed by atoms with van der Waals surface area (Å²) in [6.45, 7) is 4.44. The van der Waals surface area contributed by atoms with Crippen LogP contribution in [0.1, 0.15) is 162 Å². The molecule has 0 aliphatic heterocycles. The molecule has 0 bridgehead atoms. The molecule has 0 fully saturated rings. The number of carbonyl (C=O) groups excluding carboxylic acids is 1. The Morgan fingerprint density at radius 2 is 1.05 bits per heavy atom. The van der Waals surface area contributed by atoms with Crippen LogP contribution in [0.3, 0.4) is 0 Å². The minimum absolute atomic E-state index is 0.0762. The number of hydrogen-bond acceptors (Lipinski definition) is 3. The Balaban J connectivity index is 4.02. The highest BCUT2D eigenvalue weighted by Gasteiger charge is 2.11. The molecule has 0 radical (unpaired) electrons. The van der Waals surface area contributed by atoms with E-state index in [4.69, 9.17) is 9.84 Å². The number of hydrogen-bond donors (Lipinski definition) is 1. The predicted octanol–water partition coefficient (Wildman–Crippen LogP) is 12.3. The van der Waals surface area contributed by atoms with Gasteiger partial charge in [-0.25, -0.2) is 0 Å². The third-order valence-corrected chi connectivity index (χ3v) is 7.45. The van der Waals surface area contributed by atoms with E-state index in [0.717, 1.165) is 96.3 Å². The largest absolute Gasteiger partial charge is 0.481 e. The number of carboxylic acids is 1. The second kappa shape index (κ2) is 34.9. The Labute approximate surface area is 271 Å². The van der Waals surface area contributed by atoms with Gasteiger partial charge in [-0.05, 0) is 83.1 Å². The number of ether oxygens (including phenoxy) is 1. The average molecular weight is 611 g/mol. The number of unbranched alkanes of at least 4 members (excludes halogenated alkanes) is 14. The molecule has 44 heavy (non-hydrogen) atoms. The van der Waals surface area contributed by atoms with Gasteiger partial charge in [0.15, 0.2) is 0 Å². The molecule has 0 unspecified atom stereocenters. The molecule has 0 saturated carbocycles. The lowest BCUT2D eigenvalue weighted by Crippen LogP contribution is -2.16. The minimum Gasteiger partial charge on any atom is -0.481 e. The molecule has 0 aromatic carbocycles. The summed E-state index contributed by atoms with van der Waals surface area (Å²) in [5.41, 5.74) is 0. The highest BCUT2D eigenvalue weighted by molar-refractivity contribution is 5.69. The Hall–Kier alpha value is -2.62. The summed E-state index contributed by atoms with van der Waals surface area (Å²) in [4.78, 5) is 23.0. The highest BCUT2D eigenvalue weighted by Crippen LogP contribution is 2.13. The standard InChI is InChI=1S/C40H66O4/c1-3-5-7-8-9-10-11-12-13-14-15-16-20-23-26-29-33-37-40(43)44-38(34-30-6-4-2)35-31-27-24-21-18-17-19-22-25-28-32-36-39(41)42/h10-13,15-18,24,27,31,35,38H,3-9,14,19-23,25-26,28-30,32-34,36-37H2,1-2H3,(H,41,42)/b11-10+,13-12-,16-15-,18-17-,27-24-,35-31+/t38-/m0/s1. The lowest BCUT2D eigenvalue weighted by molar-refractivity contribution is -0.147. The van der Waals surface area contributed by atoms with E-state index in [1.54, 1.807) is 0 Å². The molecule has 1 N–H and O–H groups in total. The second-order valence-electron chi connectivity index (χ2n) is 11.8. The van der Waals surface area contributed by atoms with Gasteiger partial charge in [0.05, 0.1) is 0 Å². The van der Waals surface area contributed by atoms with Crippen LogP contribution in [0.2, 0.25) is 0 Å². The molecule has 0 aliphatic carbocycles. The van der Waals surface area contributed by atoms with Gasteiger partial charge in [-0.15, -0.1) is 0 Å². The van der Waals surface area contributed by atoms with Gasteiger partial charge in [-0.1, -0.05) is 138 Å².